The highest BCUT2D eigenvalue weighted by Crippen LogP contribution is 2.78. The van der Waals surface area contributed by atoms with Crippen LogP contribution in [0.4, 0.5) is 0 Å². The molecule has 0 aromatic carbocycles. The Morgan fingerprint density at radius 3 is 1.46 bits per heavy atom. The lowest BCUT2D eigenvalue weighted by Crippen LogP contribution is -3.00. The van der Waals surface area contributed by atoms with Gasteiger partial charge in [-0.15, -0.1) is 0 Å². The summed E-state index contributed by atoms with van der Waals surface area (Å²) in [6, 6.07) is 3.22. The monoisotopic (exact) mass is 624 g/mol. The zero-order valence-corrected chi connectivity index (χ0v) is 30.0. The Hall–Kier alpha value is 0.147. The average Bonchev–Trinajstić information content (AvgIpc) is 3.03. The third-order valence-corrected chi connectivity index (χ3v) is 23.6. The standard InChI is InChI=1S/C36H66O2PSi.ClH/c1-4-40(5-2,6-3)38-36(37)32(23-19-22-31-20-11-7-12-21-31)30-39(33-24-13-8-14-25-33,34-26-15-9-16-27-34)35-28-17-10-18-29-35;/h19,22,31-35H,4-18,20-21,23-30H2,1-3H3;1H/q+1;/p-1/b22-19+;. The normalized spacial score (nSPS) is 23.8. The summed E-state index contributed by atoms with van der Waals surface area (Å²) in [6.45, 7) is 6.86. The van der Waals surface area contributed by atoms with E-state index in [0.717, 1.165) is 47.4 Å². The Balaban J connectivity index is 0.00000462. The number of allylic oxidation sites excluding steroid dienone is 2. The van der Waals surface area contributed by atoms with E-state index < -0.39 is 15.6 Å². The predicted octanol–water partition coefficient (Wildman–Crippen LogP) is 8.70. The van der Waals surface area contributed by atoms with Gasteiger partial charge in [-0.3, -0.25) is 4.79 Å². The van der Waals surface area contributed by atoms with E-state index in [-0.39, 0.29) is 24.3 Å². The molecule has 4 rings (SSSR count). The van der Waals surface area contributed by atoms with Crippen molar-refractivity contribution >= 4 is 21.5 Å². The highest BCUT2D eigenvalue weighted by atomic mass is 35.5. The molecule has 1 unspecified atom stereocenters. The highest BCUT2D eigenvalue weighted by Gasteiger charge is 2.58. The maximum absolute atomic E-state index is 14.4. The number of rotatable bonds is 13. The fourth-order valence-electron chi connectivity index (χ4n) is 9.68. The first kappa shape index (κ1) is 35.6. The van der Waals surface area contributed by atoms with Crippen LogP contribution in [0.1, 0.15) is 156 Å². The van der Waals surface area contributed by atoms with Gasteiger partial charge in [-0.2, -0.15) is 0 Å². The number of halogens is 1. The van der Waals surface area contributed by atoms with Gasteiger partial charge in [0.25, 0.3) is 14.3 Å². The van der Waals surface area contributed by atoms with Crippen molar-refractivity contribution < 1.29 is 21.6 Å². The van der Waals surface area contributed by atoms with Crippen LogP contribution in [0.5, 0.6) is 0 Å². The van der Waals surface area contributed by atoms with Gasteiger partial charge in [-0.05, 0) is 120 Å². The largest absolute Gasteiger partial charge is 1.00 e. The fourth-order valence-corrected chi connectivity index (χ4v) is 19.9. The molecule has 0 saturated heterocycles. The molecule has 238 valence electrons. The molecule has 0 bridgehead atoms. The summed E-state index contributed by atoms with van der Waals surface area (Å²) in [6.07, 6.45) is 35.9. The Kier molecular flexibility index (Phi) is 15.8. The minimum absolute atomic E-state index is 0. The lowest BCUT2D eigenvalue weighted by Gasteiger charge is -2.50. The number of hydrogen-bond acceptors (Lipinski definition) is 2. The summed E-state index contributed by atoms with van der Waals surface area (Å²) in [7, 11) is -3.28. The van der Waals surface area contributed by atoms with Crippen LogP contribution in [0, 0.1) is 11.8 Å². The molecule has 4 aliphatic carbocycles. The molecular weight excluding hydrogens is 559 g/mol. The van der Waals surface area contributed by atoms with Crippen LogP contribution in [0.2, 0.25) is 18.1 Å². The van der Waals surface area contributed by atoms with E-state index in [9.17, 15) is 4.79 Å². The Labute approximate surface area is 263 Å². The lowest BCUT2D eigenvalue weighted by molar-refractivity contribution is -0.139. The summed E-state index contributed by atoms with van der Waals surface area (Å²) >= 11 is 0. The third kappa shape index (κ3) is 9.33. The summed E-state index contributed by atoms with van der Waals surface area (Å²) in [4.78, 5) is 14.4. The zero-order valence-electron chi connectivity index (χ0n) is 27.4. The first-order valence-electron chi connectivity index (χ1n) is 18.3. The summed E-state index contributed by atoms with van der Waals surface area (Å²) in [5.41, 5.74) is 2.82. The van der Waals surface area contributed by atoms with Crippen molar-refractivity contribution in [3.63, 3.8) is 0 Å². The van der Waals surface area contributed by atoms with E-state index in [2.05, 4.69) is 32.9 Å². The Morgan fingerprint density at radius 2 is 1.07 bits per heavy atom. The van der Waals surface area contributed by atoms with Crippen molar-refractivity contribution in [1.82, 2.24) is 0 Å². The molecule has 0 N–H and O–H groups in total. The number of carbonyl (C=O) groups is 1. The van der Waals surface area contributed by atoms with Crippen molar-refractivity contribution in [3.05, 3.63) is 12.2 Å². The maximum atomic E-state index is 14.4. The van der Waals surface area contributed by atoms with E-state index in [1.807, 2.05) is 0 Å². The second kappa shape index (κ2) is 18.2. The van der Waals surface area contributed by atoms with Gasteiger partial charge in [0.15, 0.2) is 0 Å². The average molecular weight is 625 g/mol. The van der Waals surface area contributed by atoms with Crippen molar-refractivity contribution in [2.75, 3.05) is 6.16 Å². The van der Waals surface area contributed by atoms with Crippen LogP contribution in [0.15, 0.2) is 12.2 Å². The summed E-state index contributed by atoms with van der Waals surface area (Å²) in [5, 5.41) is 0. The van der Waals surface area contributed by atoms with E-state index in [1.54, 1.807) is 0 Å². The Bertz CT molecular complexity index is 706. The molecule has 2 nitrogen and oxygen atoms in total. The SMILES string of the molecule is CC[Si](CC)(CC)OC(=O)C(C/C=C/C1CCCCC1)C[P+](C1CCCCC1)(C1CCCCC1)C1CCCCC1.[Cl-]. The fraction of sp³-hybridized carbons (Fsp3) is 0.917. The third-order valence-electron chi connectivity index (χ3n) is 12.4. The molecule has 0 heterocycles. The first-order chi connectivity index (χ1) is 19.6. The minimum Gasteiger partial charge on any atom is -1.00 e. The van der Waals surface area contributed by atoms with Crippen LogP contribution >= 0.6 is 7.26 Å². The quantitative estimate of drug-likeness (QED) is 0.116. The molecule has 0 radical (unpaired) electrons. The second-order valence-corrected chi connectivity index (χ2v) is 23.7. The summed E-state index contributed by atoms with van der Waals surface area (Å²) < 4.78 is 6.78. The molecule has 0 spiro atoms. The smallest absolute Gasteiger partial charge is 0.299 e. The van der Waals surface area contributed by atoms with Crippen molar-refractivity contribution in [2.45, 2.75) is 191 Å². The summed E-state index contributed by atoms with van der Waals surface area (Å²) in [5.74, 6) is 1.09. The molecule has 4 fully saturated rings. The van der Waals surface area contributed by atoms with Gasteiger partial charge in [0.1, 0.15) is 0 Å². The van der Waals surface area contributed by atoms with Crippen LogP contribution < -0.4 is 12.4 Å². The van der Waals surface area contributed by atoms with E-state index in [1.165, 1.54) is 135 Å². The molecular formula is C36H66ClO2PSi. The van der Waals surface area contributed by atoms with Crippen LogP contribution in [-0.2, 0) is 9.22 Å². The topological polar surface area (TPSA) is 26.3 Å². The van der Waals surface area contributed by atoms with Gasteiger partial charge in [0.05, 0.1) is 29.1 Å². The Morgan fingerprint density at radius 1 is 0.683 bits per heavy atom. The molecule has 41 heavy (non-hydrogen) atoms. The van der Waals surface area contributed by atoms with Crippen LogP contribution in [-0.4, -0.2) is 37.4 Å². The van der Waals surface area contributed by atoms with Gasteiger partial charge in [0.2, 0.25) is 0 Å². The van der Waals surface area contributed by atoms with Crippen LogP contribution in [0.25, 0.3) is 0 Å². The molecule has 4 aliphatic rings. The van der Waals surface area contributed by atoms with Gasteiger partial charge in [0, 0.05) is 7.26 Å². The molecule has 0 aliphatic heterocycles. The van der Waals surface area contributed by atoms with Gasteiger partial charge < -0.3 is 16.8 Å². The maximum Gasteiger partial charge on any atom is 0.299 e. The van der Waals surface area contributed by atoms with E-state index in [0.29, 0.717) is 0 Å². The molecule has 0 aromatic rings. The lowest BCUT2D eigenvalue weighted by atomic mass is 9.88. The number of hydrogen-bond donors (Lipinski definition) is 0. The first-order valence-corrected chi connectivity index (χ1v) is 23.0. The molecule has 0 aromatic heterocycles. The highest BCUT2D eigenvalue weighted by molar-refractivity contribution is 7.78. The zero-order chi connectivity index (χ0) is 28.3. The van der Waals surface area contributed by atoms with Gasteiger partial charge in [-0.25, -0.2) is 0 Å². The molecule has 4 saturated carbocycles. The van der Waals surface area contributed by atoms with E-state index >= 15 is 0 Å². The van der Waals surface area contributed by atoms with Gasteiger partial charge in [-0.1, -0.05) is 71.4 Å². The minimum atomic E-state index is -1.97. The second-order valence-electron chi connectivity index (χ2n) is 14.5. The van der Waals surface area contributed by atoms with Crippen molar-refractivity contribution in [2.24, 2.45) is 11.8 Å². The van der Waals surface area contributed by atoms with Crippen molar-refractivity contribution in [3.8, 4) is 0 Å². The van der Waals surface area contributed by atoms with E-state index in [4.69, 9.17) is 4.43 Å². The molecule has 5 heteroatoms. The number of carbonyl (C=O) groups excluding carboxylic acids is 1. The van der Waals surface area contributed by atoms with Crippen LogP contribution in [0.3, 0.4) is 0 Å². The van der Waals surface area contributed by atoms with Crippen molar-refractivity contribution in [1.29, 1.82) is 0 Å². The molecule has 0 amide bonds. The van der Waals surface area contributed by atoms with Gasteiger partial charge >= 0.3 is 0 Å². The molecule has 1 atom stereocenters. The predicted molar refractivity (Wildman–Crippen MR) is 180 cm³/mol.